The number of phenols is 1. The number of nitrogens with zero attached hydrogens (tertiary/aromatic N) is 3. The first kappa shape index (κ1) is 13.2. The molecule has 0 amide bonds. The lowest BCUT2D eigenvalue weighted by atomic mass is 10.1. The van der Waals surface area contributed by atoms with Crippen LogP contribution < -0.4 is 11.2 Å². The number of nitrogens with one attached hydrogen (secondary N) is 1. The molecule has 0 spiro atoms. The fourth-order valence-corrected chi connectivity index (χ4v) is 2.36. The molecule has 0 atom stereocenters. The Bertz CT molecular complexity index is 920. The van der Waals surface area contributed by atoms with Crippen LogP contribution in [0.15, 0.2) is 40.2 Å². The average molecular weight is 286 g/mol. The SMILES string of the molecule is Cn1cnc2c1c(=O)[nH]c(=O)n2CCc1ccccc1O. The van der Waals surface area contributed by atoms with E-state index < -0.39 is 11.2 Å². The van der Waals surface area contributed by atoms with Gasteiger partial charge in [0.1, 0.15) is 5.75 Å². The summed E-state index contributed by atoms with van der Waals surface area (Å²) < 4.78 is 2.98. The van der Waals surface area contributed by atoms with Crippen LogP contribution >= 0.6 is 0 Å². The first-order valence-electron chi connectivity index (χ1n) is 6.49. The molecule has 2 aromatic heterocycles. The Labute approximate surface area is 119 Å². The van der Waals surface area contributed by atoms with Gasteiger partial charge in [-0.05, 0) is 18.1 Å². The molecule has 0 fully saturated rings. The minimum absolute atomic E-state index is 0.187. The van der Waals surface area contributed by atoms with Gasteiger partial charge in [0.15, 0.2) is 11.2 Å². The van der Waals surface area contributed by atoms with Crippen molar-refractivity contribution in [1.82, 2.24) is 19.1 Å². The molecule has 0 bridgehead atoms. The highest BCUT2D eigenvalue weighted by molar-refractivity contribution is 5.69. The molecule has 21 heavy (non-hydrogen) atoms. The number of H-pyrrole nitrogens is 1. The average Bonchev–Trinajstić information content (AvgIpc) is 2.83. The molecule has 3 rings (SSSR count). The molecule has 0 aliphatic carbocycles. The van der Waals surface area contributed by atoms with E-state index in [-0.39, 0.29) is 5.75 Å². The number of aromatic hydroxyl groups is 1. The van der Waals surface area contributed by atoms with Crippen LogP contribution in [0, 0.1) is 0 Å². The van der Waals surface area contributed by atoms with Crippen LogP contribution in [0.3, 0.4) is 0 Å². The van der Waals surface area contributed by atoms with Crippen molar-refractivity contribution in [2.24, 2.45) is 7.05 Å². The molecule has 0 saturated heterocycles. The molecule has 0 radical (unpaired) electrons. The van der Waals surface area contributed by atoms with Crippen molar-refractivity contribution in [3.63, 3.8) is 0 Å². The fraction of sp³-hybridized carbons (Fsp3) is 0.214. The summed E-state index contributed by atoms with van der Waals surface area (Å²) in [5.74, 6) is 0.187. The summed E-state index contributed by atoms with van der Waals surface area (Å²) in [6.07, 6.45) is 1.96. The monoisotopic (exact) mass is 286 g/mol. The number of rotatable bonds is 3. The second-order valence-corrected chi connectivity index (χ2v) is 4.82. The largest absolute Gasteiger partial charge is 0.508 e. The third-order valence-electron chi connectivity index (χ3n) is 3.45. The van der Waals surface area contributed by atoms with E-state index in [1.807, 2.05) is 6.07 Å². The predicted molar refractivity (Wildman–Crippen MR) is 77.4 cm³/mol. The number of benzene rings is 1. The van der Waals surface area contributed by atoms with Gasteiger partial charge in [-0.15, -0.1) is 0 Å². The van der Waals surface area contributed by atoms with Crippen molar-refractivity contribution in [2.75, 3.05) is 0 Å². The van der Waals surface area contributed by atoms with E-state index in [9.17, 15) is 14.7 Å². The smallest absolute Gasteiger partial charge is 0.330 e. The first-order chi connectivity index (χ1) is 10.1. The van der Waals surface area contributed by atoms with Gasteiger partial charge in [0.05, 0.1) is 6.33 Å². The van der Waals surface area contributed by atoms with Gasteiger partial charge in [0.25, 0.3) is 5.56 Å². The van der Waals surface area contributed by atoms with Crippen LogP contribution in [0.2, 0.25) is 0 Å². The van der Waals surface area contributed by atoms with Gasteiger partial charge in [-0.25, -0.2) is 9.78 Å². The van der Waals surface area contributed by atoms with E-state index in [1.54, 1.807) is 29.8 Å². The lowest BCUT2D eigenvalue weighted by Crippen LogP contribution is -2.31. The minimum Gasteiger partial charge on any atom is -0.508 e. The number of hydrogen-bond donors (Lipinski definition) is 2. The maximum Gasteiger partial charge on any atom is 0.330 e. The van der Waals surface area contributed by atoms with Crippen molar-refractivity contribution >= 4 is 11.2 Å². The van der Waals surface area contributed by atoms with E-state index >= 15 is 0 Å². The fourth-order valence-electron chi connectivity index (χ4n) is 2.36. The standard InChI is InChI=1S/C14H14N4O3/c1-17-8-15-12-11(17)13(20)16-14(21)18(12)7-6-9-4-2-3-5-10(9)19/h2-5,8,19H,6-7H2,1H3,(H,16,20,21). The maximum absolute atomic E-state index is 12.0. The predicted octanol–water partition coefficient (Wildman–Crippen LogP) is 0.372. The Morgan fingerprint density at radius 2 is 2.05 bits per heavy atom. The zero-order chi connectivity index (χ0) is 15.0. The highest BCUT2D eigenvalue weighted by atomic mass is 16.3. The maximum atomic E-state index is 12.0. The number of aromatic nitrogens is 4. The molecule has 3 aromatic rings. The van der Waals surface area contributed by atoms with Crippen molar-refractivity contribution in [3.05, 3.63) is 57.0 Å². The Hall–Kier alpha value is -2.83. The highest BCUT2D eigenvalue weighted by Crippen LogP contribution is 2.16. The van der Waals surface area contributed by atoms with Crippen LogP contribution in [0.1, 0.15) is 5.56 Å². The summed E-state index contributed by atoms with van der Waals surface area (Å²) in [6, 6.07) is 6.95. The Balaban J connectivity index is 2.04. The second kappa shape index (κ2) is 4.93. The topological polar surface area (TPSA) is 92.9 Å². The summed E-state index contributed by atoms with van der Waals surface area (Å²) in [7, 11) is 1.70. The Morgan fingerprint density at radius 1 is 1.29 bits per heavy atom. The van der Waals surface area contributed by atoms with Crippen molar-refractivity contribution in [1.29, 1.82) is 0 Å². The third-order valence-corrected chi connectivity index (χ3v) is 3.45. The minimum atomic E-state index is -0.498. The molecule has 7 nitrogen and oxygen atoms in total. The zero-order valence-corrected chi connectivity index (χ0v) is 11.4. The molecule has 108 valence electrons. The molecular weight excluding hydrogens is 272 g/mol. The van der Waals surface area contributed by atoms with Crippen molar-refractivity contribution in [3.8, 4) is 5.75 Å². The van der Waals surface area contributed by atoms with E-state index in [2.05, 4.69) is 9.97 Å². The van der Waals surface area contributed by atoms with Gasteiger partial charge in [0.2, 0.25) is 0 Å². The molecule has 2 N–H and O–H groups in total. The number of fused-ring (bicyclic) bond motifs is 1. The summed E-state index contributed by atoms with van der Waals surface area (Å²) in [6.45, 7) is 0.320. The van der Waals surface area contributed by atoms with Crippen molar-refractivity contribution in [2.45, 2.75) is 13.0 Å². The summed E-state index contributed by atoms with van der Waals surface area (Å²) >= 11 is 0. The van der Waals surface area contributed by atoms with Crippen molar-refractivity contribution < 1.29 is 5.11 Å². The number of hydrogen-bond acceptors (Lipinski definition) is 4. The summed E-state index contributed by atoms with van der Waals surface area (Å²) in [5, 5.41) is 9.75. The molecule has 0 aliphatic heterocycles. The number of para-hydroxylation sites is 1. The van der Waals surface area contributed by atoms with Crippen LogP contribution in [-0.4, -0.2) is 24.2 Å². The van der Waals surface area contributed by atoms with Gasteiger partial charge in [0, 0.05) is 13.6 Å². The molecule has 2 heterocycles. The number of imidazole rings is 1. The van der Waals surface area contributed by atoms with Gasteiger partial charge in [-0.3, -0.25) is 14.3 Å². The zero-order valence-electron chi connectivity index (χ0n) is 11.4. The molecule has 0 saturated carbocycles. The molecular formula is C14H14N4O3. The van der Waals surface area contributed by atoms with E-state index in [1.165, 1.54) is 10.9 Å². The van der Waals surface area contributed by atoms with Gasteiger partial charge < -0.3 is 9.67 Å². The van der Waals surface area contributed by atoms with Gasteiger partial charge in [-0.1, -0.05) is 18.2 Å². The van der Waals surface area contributed by atoms with E-state index in [0.29, 0.717) is 24.1 Å². The molecule has 7 heteroatoms. The lowest BCUT2D eigenvalue weighted by molar-refractivity contribution is 0.465. The molecule has 1 aromatic carbocycles. The van der Waals surface area contributed by atoms with E-state index in [4.69, 9.17) is 0 Å². The Kier molecular flexibility index (Phi) is 3.09. The second-order valence-electron chi connectivity index (χ2n) is 4.82. The van der Waals surface area contributed by atoms with Gasteiger partial charge >= 0.3 is 5.69 Å². The highest BCUT2D eigenvalue weighted by Gasteiger charge is 2.12. The third kappa shape index (κ3) is 2.22. The quantitative estimate of drug-likeness (QED) is 0.727. The number of phenolic OH excluding ortho intramolecular Hbond substituents is 1. The van der Waals surface area contributed by atoms with Crippen LogP contribution in [0.5, 0.6) is 5.75 Å². The normalized spacial score (nSPS) is 11.1. The lowest BCUT2D eigenvalue weighted by Gasteiger charge is -2.07. The van der Waals surface area contributed by atoms with Crippen LogP contribution in [-0.2, 0) is 20.0 Å². The number of aryl methyl sites for hydroxylation is 3. The summed E-state index contributed by atoms with van der Waals surface area (Å²) in [5.41, 5.74) is 0.490. The van der Waals surface area contributed by atoms with E-state index in [0.717, 1.165) is 5.56 Å². The van der Waals surface area contributed by atoms with Crippen LogP contribution in [0.4, 0.5) is 0 Å². The summed E-state index contributed by atoms with van der Waals surface area (Å²) in [4.78, 5) is 30.2. The molecule has 0 aliphatic rings. The Morgan fingerprint density at radius 3 is 2.81 bits per heavy atom. The molecule has 0 unspecified atom stereocenters. The van der Waals surface area contributed by atoms with Crippen LogP contribution in [0.25, 0.3) is 11.2 Å². The first-order valence-corrected chi connectivity index (χ1v) is 6.49. The number of aromatic amines is 1. The van der Waals surface area contributed by atoms with Gasteiger partial charge in [-0.2, -0.15) is 0 Å².